The zero-order valence-electron chi connectivity index (χ0n) is 10.1. The Balaban J connectivity index is 2.15. The van der Waals surface area contributed by atoms with Crippen LogP contribution < -0.4 is 4.90 Å². The number of rotatable bonds is 2. The molecule has 0 bridgehead atoms. The van der Waals surface area contributed by atoms with Gasteiger partial charge in [0.25, 0.3) is 0 Å². The number of hydrogen-bond acceptors (Lipinski definition) is 1. The van der Waals surface area contributed by atoms with E-state index in [4.69, 9.17) is 11.6 Å². The van der Waals surface area contributed by atoms with Crippen molar-refractivity contribution < 1.29 is 0 Å². The third kappa shape index (κ3) is 2.35. The first-order valence-corrected chi connectivity index (χ1v) is 6.67. The van der Waals surface area contributed by atoms with Crippen molar-refractivity contribution in [3.8, 4) is 0 Å². The van der Waals surface area contributed by atoms with Crippen LogP contribution in [0.2, 0.25) is 0 Å². The van der Waals surface area contributed by atoms with Gasteiger partial charge in [0, 0.05) is 24.2 Å². The second kappa shape index (κ2) is 5.09. The summed E-state index contributed by atoms with van der Waals surface area (Å²) < 4.78 is 0. The molecule has 2 heteroatoms. The maximum absolute atomic E-state index is 5.80. The molecule has 0 aromatic heterocycles. The lowest BCUT2D eigenvalue weighted by Crippen LogP contribution is -2.42. The topological polar surface area (TPSA) is 3.24 Å². The molecule has 1 aromatic rings. The molecule has 2 atom stereocenters. The number of hydrogen-bond donors (Lipinski definition) is 0. The Morgan fingerprint density at radius 3 is 2.56 bits per heavy atom. The van der Waals surface area contributed by atoms with Crippen LogP contribution >= 0.6 is 11.6 Å². The maximum Gasteiger partial charge on any atom is 0.0474 e. The van der Waals surface area contributed by atoms with Gasteiger partial charge in [-0.2, -0.15) is 0 Å². The minimum absolute atomic E-state index is 0.603. The van der Waals surface area contributed by atoms with Gasteiger partial charge in [-0.1, -0.05) is 19.1 Å². The number of halogens is 1. The summed E-state index contributed by atoms with van der Waals surface area (Å²) in [5, 5.41) is 0. The standard InChI is InChI=1S/C14H20ClN/c1-11-4-3-9-16(12(11)2)14-7-5-13(10-15)6-8-14/h5-8,11-12H,3-4,9-10H2,1-2H3. The van der Waals surface area contributed by atoms with Gasteiger partial charge in [-0.25, -0.2) is 0 Å². The maximum atomic E-state index is 5.80. The molecule has 2 unspecified atom stereocenters. The molecular weight excluding hydrogens is 218 g/mol. The lowest BCUT2D eigenvalue weighted by molar-refractivity contribution is 0.363. The van der Waals surface area contributed by atoms with E-state index >= 15 is 0 Å². The van der Waals surface area contributed by atoms with Crippen molar-refractivity contribution in [3.05, 3.63) is 29.8 Å². The Bertz CT molecular complexity index is 333. The van der Waals surface area contributed by atoms with Gasteiger partial charge in [-0.3, -0.25) is 0 Å². The lowest BCUT2D eigenvalue weighted by atomic mass is 9.91. The molecule has 0 radical (unpaired) electrons. The Morgan fingerprint density at radius 1 is 1.25 bits per heavy atom. The number of alkyl halides is 1. The van der Waals surface area contributed by atoms with Crippen molar-refractivity contribution in [2.75, 3.05) is 11.4 Å². The van der Waals surface area contributed by atoms with Gasteiger partial charge in [-0.15, -0.1) is 11.6 Å². The first kappa shape index (κ1) is 11.8. The van der Waals surface area contributed by atoms with Gasteiger partial charge < -0.3 is 4.90 Å². The molecule has 1 nitrogen and oxygen atoms in total. The Kier molecular flexibility index (Phi) is 3.75. The molecule has 0 saturated carbocycles. The normalized spacial score (nSPS) is 25.8. The second-order valence-corrected chi connectivity index (χ2v) is 5.12. The van der Waals surface area contributed by atoms with E-state index < -0.39 is 0 Å². The van der Waals surface area contributed by atoms with Crippen molar-refractivity contribution in [2.45, 2.75) is 38.6 Å². The molecule has 0 amide bonds. The van der Waals surface area contributed by atoms with Gasteiger partial charge >= 0.3 is 0 Å². The molecule has 1 aliphatic rings. The van der Waals surface area contributed by atoms with Gasteiger partial charge in [0.1, 0.15) is 0 Å². The summed E-state index contributed by atoms with van der Waals surface area (Å²) in [4.78, 5) is 2.52. The highest BCUT2D eigenvalue weighted by molar-refractivity contribution is 6.17. The molecule has 16 heavy (non-hydrogen) atoms. The summed E-state index contributed by atoms with van der Waals surface area (Å²) >= 11 is 5.80. The van der Waals surface area contributed by atoms with E-state index in [0.717, 1.165) is 5.92 Å². The van der Waals surface area contributed by atoms with E-state index in [1.54, 1.807) is 0 Å². The van der Waals surface area contributed by atoms with Crippen LogP contribution in [0.25, 0.3) is 0 Å². The van der Waals surface area contributed by atoms with Crippen LogP contribution in [0.1, 0.15) is 32.3 Å². The summed E-state index contributed by atoms with van der Waals surface area (Å²) in [6, 6.07) is 9.32. The highest BCUT2D eigenvalue weighted by Gasteiger charge is 2.24. The Labute approximate surface area is 103 Å². The minimum atomic E-state index is 0.603. The van der Waals surface area contributed by atoms with E-state index in [0.29, 0.717) is 11.9 Å². The van der Waals surface area contributed by atoms with E-state index in [-0.39, 0.29) is 0 Å². The molecular formula is C14H20ClN. The quantitative estimate of drug-likeness (QED) is 0.702. The van der Waals surface area contributed by atoms with E-state index in [9.17, 15) is 0 Å². The van der Waals surface area contributed by atoms with E-state index in [2.05, 4.69) is 43.0 Å². The van der Waals surface area contributed by atoms with E-state index in [1.165, 1.54) is 30.6 Å². The Hall–Kier alpha value is -0.690. The van der Waals surface area contributed by atoms with Gasteiger partial charge in [0.15, 0.2) is 0 Å². The van der Waals surface area contributed by atoms with Gasteiger partial charge in [0.05, 0.1) is 0 Å². The smallest absolute Gasteiger partial charge is 0.0474 e. The highest BCUT2D eigenvalue weighted by Crippen LogP contribution is 2.28. The molecule has 88 valence electrons. The van der Waals surface area contributed by atoms with Crippen LogP contribution in [0, 0.1) is 5.92 Å². The zero-order chi connectivity index (χ0) is 11.5. The first-order valence-electron chi connectivity index (χ1n) is 6.14. The molecule has 1 heterocycles. The monoisotopic (exact) mass is 237 g/mol. The van der Waals surface area contributed by atoms with Gasteiger partial charge in [0.2, 0.25) is 0 Å². The molecule has 1 aliphatic heterocycles. The van der Waals surface area contributed by atoms with Crippen molar-refractivity contribution in [1.82, 2.24) is 0 Å². The summed E-state index contributed by atoms with van der Waals surface area (Å²) in [5.41, 5.74) is 2.54. The summed E-state index contributed by atoms with van der Waals surface area (Å²) in [5.74, 6) is 1.40. The number of benzene rings is 1. The molecule has 1 fully saturated rings. The fraction of sp³-hybridized carbons (Fsp3) is 0.571. The van der Waals surface area contributed by atoms with E-state index in [1.807, 2.05) is 0 Å². The fourth-order valence-electron chi connectivity index (χ4n) is 2.48. The van der Waals surface area contributed by atoms with Crippen LogP contribution in [-0.2, 0) is 5.88 Å². The van der Waals surface area contributed by atoms with Crippen LogP contribution in [0.4, 0.5) is 5.69 Å². The van der Waals surface area contributed by atoms with Crippen molar-refractivity contribution in [1.29, 1.82) is 0 Å². The summed E-state index contributed by atoms with van der Waals surface area (Å²) in [6.45, 7) is 5.87. The SMILES string of the molecule is CC1CCCN(c2ccc(CCl)cc2)C1C. The number of anilines is 1. The number of piperidine rings is 1. The summed E-state index contributed by atoms with van der Waals surface area (Å²) in [6.07, 6.45) is 2.67. The van der Waals surface area contributed by atoms with Crippen molar-refractivity contribution in [3.63, 3.8) is 0 Å². The molecule has 0 N–H and O–H groups in total. The summed E-state index contributed by atoms with van der Waals surface area (Å²) in [7, 11) is 0. The second-order valence-electron chi connectivity index (χ2n) is 4.85. The lowest BCUT2D eigenvalue weighted by Gasteiger charge is -2.39. The average molecular weight is 238 g/mol. The molecule has 1 saturated heterocycles. The molecule has 1 aromatic carbocycles. The molecule has 0 spiro atoms. The highest BCUT2D eigenvalue weighted by atomic mass is 35.5. The number of nitrogens with zero attached hydrogens (tertiary/aromatic N) is 1. The largest absolute Gasteiger partial charge is 0.369 e. The third-order valence-corrected chi connectivity index (χ3v) is 4.10. The zero-order valence-corrected chi connectivity index (χ0v) is 10.9. The van der Waals surface area contributed by atoms with Crippen LogP contribution in [0.3, 0.4) is 0 Å². The minimum Gasteiger partial charge on any atom is -0.369 e. The third-order valence-electron chi connectivity index (χ3n) is 3.80. The molecule has 2 rings (SSSR count). The predicted octanol–water partition coefficient (Wildman–Crippen LogP) is 4.05. The van der Waals surface area contributed by atoms with Crippen LogP contribution in [-0.4, -0.2) is 12.6 Å². The van der Waals surface area contributed by atoms with Crippen molar-refractivity contribution >= 4 is 17.3 Å². The predicted molar refractivity (Wildman–Crippen MR) is 71.2 cm³/mol. The van der Waals surface area contributed by atoms with Crippen LogP contribution in [0.5, 0.6) is 0 Å². The average Bonchev–Trinajstić information content (AvgIpc) is 2.33. The molecule has 0 aliphatic carbocycles. The van der Waals surface area contributed by atoms with Crippen molar-refractivity contribution in [2.24, 2.45) is 5.92 Å². The first-order chi connectivity index (χ1) is 7.72. The Morgan fingerprint density at radius 2 is 1.94 bits per heavy atom. The van der Waals surface area contributed by atoms with Gasteiger partial charge in [-0.05, 0) is 43.4 Å². The van der Waals surface area contributed by atoms with Crippen LogP contribution in [0.15, 0.2) is 24.3 Å². The fourth-order valence-corrected chi connectivity index (χ4v) is 2.65.